The molecule has 1 saturated heterocycles. The summed E-state index contributed by atoms with van der Waals surface area (Å²) in [6, 6.07) is 22.8. The Morgan fingerprint density at radius 1 is 0.923 bits per heavy atom. The Hall–Kier alpha value is -4.37. The summed E-state index contributed by atoms with van der Waals surface area (Å²) in [5.74, 6) is 0.617. The fourth-order valence-electron chi connectivity index (χ4n) is 4.26. The zero-order chi connectivity index (χ0) is 27.5. The second-order valence-corrected chi connectivity index (χ2v) is 9.09. The van der Waals surface area contributed by atoms with Crippen molar-refractivity contribution in [2.75, 3.05) is 51.8 Å². The van der Waals surface area contributed by atoms with Gasteiger partial charge in [0.2, 0.25) is 5.91 Å². The molecule has 1 heterocycles. The zero-order valence-corrected chi connectivity index (χ0v) is 22.3. The van der Waals surface area contributed by atoms with Crippen LogP contribution in [0.1, 0.15) is 27.9 Å². The number of nitrogens with one attached hydrogen (secondary N) is 1. The molecule has 4 rings (SSSR count). The molecular weight excluding hydrogens is 496 g/mol. The number of hydrazone groups is 1. The molecule has 0 aromatic heterocycles. The lowest BCUT2D eigenvalue weighted by molar-refractivity contribution is -0.121. The number of ether oxygens (including phenoxy) is 3. The summed E-state index contributed by atoms with van der Waals surface area (Å²) < 4.78 is 16.1. The summed E-state index contributed by atoms with van der Waals surface area (Å²) >= 11 is 0. The van der Waals surface area contributed by atoms with Crippen molar-refractivity contribution in [3.63, 3.8) is 0 Å². The predicted molar refractivity (Wildman–Crippen MR) is 151 cm³/mol. The number of esters is 1. The second kappa shape index (κ2) is 14.0. The third-order valence-electron chi connectivity index (χ3n) is 6.51. The molecule has 0 saturated carbocycles. The molecule has 3 aromatic rings. The van der Waals surface area contributed by atoms with Crippen LogP contribution in [0.5, 0.6) is 11.5 Å². The van der Waals surface area contributed by atoms with Crippen molar-refractivity contribution >= 4 is 23.8 Å². The van der Waals surface area contributed by atoms with E-state index < -0.39 is 0 Å². The summed E-state index contributed by atoms with van der Waals surface area (Å²) in [6.07, 6.45) is 1.97. The lowest BCUT2D eigenvalue weighted by Crippen LogP contribution is -2.47. The SMILES string of the molecule is COC(=O)c1ccc(COc2ccc(/C=N\NC(=O)CCN3CCN(c4ccccc4)CC3)cc2OC)cc1. The van der Waals surface area contributed by atoms with E-state index in [2.05, 4.69) is 44.6 Å². The van der Waals surface area contributed by atoms with Crippen molar-refractivity contribution < 1.29 is 23.8 Å². The fourth-order valence-corrected chi connectivity index (χ4v) is 4.26. The monoisotopic (exact) mass is 530 g/mol. The van der Waals surface area contributed by atoms with Crippen molar-refractivity contribution in [3.8, 4) is 11.5 Å². The van der Waals surface area contributed by atoms with Crippen molar-refractivity contribution in [1.29, 1.82) is 0 Å². The van der Waals surface area contributed by atoms with Gasteiger partial charge in [-0.3, -0.25) is 9.69 Å². The van der Waals surface area contributed by atoms with E-state index in [1.54, 1.807) is 37.6 Å². The smallest absolute Gasteiger partial charge is 0.337 e. The summed E-state index contributed by atoms with van der Waals surface area (Å²) in [6.45, 7) is 4.77. The number of anilines is 1. The molecule has 204 valence electrons. The standard InChI is InChI=1S/C30H34N4O5/c1-37-28-20-24(10-13-27(28)39-22-23-8-11-25(12-9-23)30(36)38-2)21-31-32-29(35)14-15-33-16-18-34(19-17-33)26-6-4-3-5-7-26/h3-13,20-21H,14-19,22H2,1-2H3,(H,32,35)/b31-21-. The van der Waals surface area contributed by atoms with Crippen LogP contribution in [0.15, 0.2) is 77.9 Å². The van der Waals surface area contributed by atoms with Gasteiger partial charge >= 0.3 is 5.97 Å². The normalized spacial score (nSPS) is 13.7. The fraction of sp³-hybridized carbons (Fsp3) is 0.300. The summed E-state index contributed by atoms with van der Waals surface area (Å²) in [5, 5.41) is 4.10. The van der Waals surface area contributed by atoms with E-state index in [-0.39, 0.29) is 11.9 Å². The van der Waals surface area contributed by atoms with Crippen molar-refractivity contribution in [3.05, 3.63) is 89.5 Å². The number of rotatable bonds is 11. The minimum atomic E-state index is -0.379. The topological polar surface area (TPSA) is 92.7 Å². The number of piperazine rings is 1. The molecule has 1 amide bonds. The quantitative estimate of drug-likeness (QED) is 0.229. The van der Waals surface area contributed by atoms with Crippen LogP contribution in [0.4, 0.5) is 5.69 Å². The van der Waals surface area contributed by atoms with Gasteiger partial charge < -0.3 is 19.1 Å². The number of methoxy groups -OCH3 is 2. The maximum atomic E-state index is 12.3. The first-order chi connectivity index (χ1) is 19.1. The van der Waals surface area contributed by atoms with E-state index in [4.69, 9.17) is 14.2 Å². The lowest BCUT2D eigenvalue weighted by Gasteiger charge is -2.36. The number of para-hydroxylation sites is 1. The van der Waals surface area contributed by atoms with Gasteiger partial charge in [-0.15, -0.1) is 0 Å². The molecule has 0 radical (unpaired) electrons. The highest BCUT2D eigenvalue weighted by Crippen LogP contribution is 2.28. The van der Waals surface area contributed by atoms with Gasteiger partial charge in [0.25, 0.3) is 0 Å². The van der Waals surface area contributed by atoms with Gasteiger partial charge in [0.05, 0.1) is 26.0 Å². The average Bonchev–Trinajstić information content (AvgIpc) is 2.99. The van der Waals surface area contributed by atoms with Crippen LogP contribution in [0.3, 0.4) is 0 Å². The molecule has 0 atom stereocenters. The molecule has 1 N–H and O–H groups in total. The Kier molecular flexibility index (Phi) is 9.91. The molecule has 0 aliphatic carbocycles. The maximum absolute atomic E-state index is 12.3. The largest absolute Gasteiger partial charge is 0.493 e. The molecular formula is C30H34N4O5. The molecule has 0 bridgehead atoms. The van der Waals surface area contributed by atoms with Crippen LogP contribution in [0, 0.1) is 0 Å². The highest BCUT2D eigenvalue weighted by molar-refractivity contribution is 5.89. The zero-order valence-electron chi connectivity index (χ0n) is 22.3. The van der Waals surface area contributed by atoms with Crippen molar-refractivity contribution in [2.45, 2.75) is 13.0 Å². The van der Waals surface area contributed by atoms with Gasteiger partial charge in [0.1, 0.15) is 6.61 Å². The first-order valence-electron chi connectivity index (χ1n) is 12.9. The van der Waals surface area contributed by atoms with Crippen LogP contribution in [-0.2, 0) is 16.1 Å². The number of amides is 1. The van der Waals surface area contributed by atoms with Gasteiger partial charge in [-0.2, -0.15) is 5.10 Å². The van der Waals surface area contributed by atoms with E-state index in [9.17, 15) is 9.59 Å². The van der Waals surface area contributed by atoms with E-state index in [1.165, 1.54) is 12.8 Å². The summed E-state index contributed by atoms with van der Waals surface area (Å²) in [7, 11) is 2.92. The van der Waals surface area contributed by atoms with E-state index >= 15 is 0 Å². The molecule has 0 spiro atoms. The Morgan fingerprint density at radius 3 is 2.36 bits per heavy atom. The van der Waals surface area contributed by atoms with E-state index in [0.29, 0.717) is 36.6 Å². The molecule has 9 heteroatoms. The molecule has 9 nitrogen and oxygen atoms in total. The Bertz CT molecular complexity index is 1260. The third-order valence-corrected chi connectivity index (χ3v) is 6.51. The predicted octanol–water partition coefficient (Wildman–Crippen LogP) is 3.72. The first kappa shape index (κ1) is 27.7. The van der Waals surface area contributed by atoms with Crippen LogP contribution >= 0.6 is 0 Å². The minimum Gasteiger partial charge on any atom is -0.493 e. The molecule has 39 heavy (non-hydrogen) atoms. The first-order valence-corrected chi connectivity index (χ1v) is 12.9. The van der Waals surface area contributed by atoms with Gasteiger partial charge in [0, 0.05) is 44.8 Å². The van der Waals surface area contributed by atoms with E-state index in [0.717, 1.165) is 37.3 Å². The van der Waals surface area contributed by atoms with Crippen LogP contribution in [0.2, 0.25) is 0 Å². The van der Waals surface area contributed by atoms with Gasteiger partial charge in [-0.25, -0.2) is 10.2 Å². The maximum Gasteiger partial charge on any atom is 0.337 e. The molecule has 1 fully saturated rings. The molecule has 1 aliphatic heterocycles. The van der Waals surface area contributed by atoms with Gasteiger partial charge in [0.15, 0.2) is 11.5 Å². The molecule has 3 aromatic carbocycles. The van der Waals surface area contributed by atoms with Crippen molar-refractivity contribution in [1.82, 2.24) is 10.3 Å². The Labute approximate surface area is 229 Å². The number of hydrogen-bond donors (Lipinski definition) is 1. The number of nitrogens with zero attached hydrogens (tertiary/aromatic N) is 3. The molecule has 1 aliphatic rings. The highest BCUT2D eigenvalue weighted by Gasteiger charge is 2.17. The Balaban J connectivity index is 1.20. The number of carbonyl (C=O) groups is 2. The second-order valence-electron chi connectivity index (χ2n) is 9.09. The number of hydrogen-bond acceptors (Lipinski definition) is 8. The third kappa shape index (κ3) is 8.05. The lowest BCUT2D eigenvalue weighted by atomic mass is 10.1. The van der Waals surface area contributed by atoms with E-state index in [1.807, 2.05) is 24.3 Å². The van der Waals surface area contributed by atoms with Crippen LogP contribution in [-0.4, -0.2) is 69.9 Å². The van der Waals surface area contributed by atoms with Crippen molar-refractivity contribution in [2.24, 2.45) is 5.10 Å². The number of benzene rings is 3. The minimum absolute atomic E-state index is 0.123. The average molecular weight is 531 g/mol. The van der Waals surface area contributed by atoms with Gasteiger partial charge in [-0.05, 0) is 53.6 Å². The van der Waals surface area contributed by atoms with Gasteiger partial charge in [-0.1, -0.05) is 30.3 Å². The number of carbonyl (C=O) groups excluding carboxylic acids is 2. The molecule has 0 unspecified atom stereocenters. The van der Waals surface area contributed by atoms with Crippen LogP contribution < -0.4 is 19.8 Å². The Morgan fingerprint density at radius 2 is 1.67 bits per heavy atom. The summed E-state index contributed by atoms with van der Waals surface area (Å²) in [5.41, 5.74) is 6.00. The summed E-state index contributed by atoms with van der Waals surface area (Å²) in [4.78, 5) is 28.6. The highest BCUT2D eigenvalue weighted by atomic mass is 16.5. The van der Waals surface area contributed by atoms with Crippen LogP contribution in [0.25, 0.3) is 0 Å².